The molecular formula is C12H12ClFN2S2. The lowest BCUT2D eigenvalue weighted by atomic mass is 10.2. The number of halogens is 2. The fourth-order valence-corrected chi connectivity index (χ4v) is 4.05. The molecule has 0 radical (unpaired) electrons. The van der Waals surface area contributed by atoms with Crippen LogP contribution in [0.4, 0.5) is 4.39 Å². The molecular weight excluding hydrogens is 291 g/mol. The molecule has 18 heavy (non-hydrogen) atoms. The summed E-state index contributed by atoms with van der Waals surface area (Å²) >= 11 is 13.2. The topological polar surface area (TPSA) is 20.7 Å². The van der Waals surface area contributed by atoms with Gasteiger partial charge in [-0.3, -0.25) is 0 Å². The molecule has 0 saturated carbocycles. The van der Waals surface area contributed by atoms with Crippen molar-refractivity contribution in [3.8, 4) is 0 Å². The van der Waals surface area contributed by atoms with Crippen LogP contribution in [0, 0.1) is 10.6 Å². The molecule has 96 valence electrons. The molecule has 1 saturated heterocycles. The summed E-state index contributed by atoms with van der Waals surface area (Å²) in [7, 11) is 0. The third kappa shape index (κ3) is 2.08. The SMILES string of the molecule is Fc1cc2[nH]c(=S)n(C3CCCSC3)c2cc1Cl. The quantitative estimate of drug-likeness (QED) is 0.780. The molecule has 1 aliphatic rings. The highest BCUT2D eigenvalue weighted by molar-refractivity contribution is 7.99. The number of nitrogens with zero attached hydrogens (tertiary/aromatic N) is 1. The molecule has 1 unspecified atom stereocenters. The van der Waals surface area contributed by atoms with E-state index in [1.807, 2.05) is 11.8 Å². The minimum absolute atomic E-state index is 0.147. The first-order valence-electron chi connectivity index (χ1n) is 5.84. The number of benzene rings is 1. The van der Waals surface area contributed by atoms with Crippen molar-refractivity contribution in [2.75, 3.05) is 11.5 Å². The van der Waals surface area contributed by atoms with E-state index in [0.717, 1.165) is 23.2 Å². The van der Waals surface area contributed by atoms with Crippen LogP contribution in [0.2, 0.25) is 5.02 Å². The van der Waals surface area contributed by atoms with Gasteiger partial charge in [0.25, 0.3) is 0 Å². The largest absolute Gasteiger partial charge is 0.330 e. The highest BCUT2D eigenvalue weighted by Gasteiger charge is 2.19. The molecule has 1 aromatic carbocycles. The van der Waals surface area contributed by atoms with E-state index in [9.17, 15) is 4.39 Å². The average Bonchev–Trinajstić information content (AvgIpc) is 2.66. The summed E-state index contributed by atoms with van der Waals surface area (Å²) in [6.45, 7) is 0. The van der Waals surface area contributed by atoms with Crippen molar-refractivity contribution in [1.29, 1.82) is 0 Å². The van der Waals surface area contributed by atoms with Crippen LogP contribution in [-0.4, -0.2) is 21.1 Å². The van der Waals surface area contributed by atoms with Crippen LogP contribution in [0.3, 0.4) is 0 Å². The molecule has 0 amide bonds. The van der Waals surface area contributed by atoms with Crippen molar-refractivity contribution in [2.24, 2.45) is 0 Å². The van der Waals surface area contributed by atoms with Gasteiger partial charge in [-0.25, -0.2) is 4.39 Å². The van der Waals surface area contributed by atoms with E-state index >= 15 is 0 Å². The molecule has 1 aromatic heterocycles. The Morgan fingerprint density at radius 1 is 1.50 bits per heavy atom. The van der Waals surface area contributed by atoms with Gasteiger partial charge in [0.15, 0.2) is 4.77 Å². The Labute approximate surface area is 119 Å². The van der Waals surface area contributed by atoms with E-state index in [1.54, 1.807) is 6.07 Å². The summed E-state index contributed by atoms with van der Waals surface area (Å²) in [5.74, 6) is 1.85. The monoisotopic (exact) mass is 302 g/mol. The lowest BCUT2D eigenvalue weighted by molar-refractivity contribution is 0.506. The zero-order valence-corrected chi connectivity index (χ0v) is 12.0. The highest BCUT2D eigenvalue weighted by Crippen LogP contribution is 2.31. The number of nitrogens with one attached hydrogen (secondary N) is 1. The Kier molecular flexibility index (Phi) is 3.38. The minimum atomic E-state index is -0.411. The molecule has 3 rings (SSSR count). The molecule has 6 heteroatoms. The van der Waals surface area contributed by atoms with Crippen LogP contribution in [0.5, 0.6) is 0 Å². The number of thioether (sulfide) groups is 1. The summed E-state index contributed by atoms with van der Waals surface area (Å²) < 4.78 is 16.2. The van der Waals surface area contributed by atoms with Crippen molar-refractivity contribution in [3.63, 3.8) is 0 Å². The maximum atomic E-state index is 13.4. The van der Waals surface area contributed by atoms with E-state index in [-0.39, 0.29) is 5.02 Å². The molecule has 0 bridgehead atoms. The normalized spacial score (nSPS) is 20.4. The Morgan fingerprint density at radius 3 is 3.06 bits per heavy atom. The summed E-state index contributed by atoms with van der Waals surface area (Å²) in [5.41, 5.74) is 1.62. The van der Waals surface area contributed by atoms with E-state index in [4.69, 9.17) is 23.8 Å². The van der Waals surface area contributed by atoms with E-state index in [2.05, 4.69) is 9.55 Å². The number of fused-ring (bicyclic) bond motifs is 1. The van der Waals surface area contributed by atoms with Gasteiger partial charge in [0, 0.05) is 17.9 Å². The molecule has 2 nitrogen and oxygen atoms in total. The molecule has 0 aliphatic carbocycles. The maximum Gasteiger partial charge on any atom is 0.178 e. The second-order valence-electron chi connectivity index (χ2n) is 4.45. The predicted molar refractivity (Wildman–Crippen MR) is 77.7 cm³/mol. The molecule has 1 fully saturated rings. The average molecular weight is 303 g/mol. The third-order valence-corrected chi connectivity index (χ3v) is 5.05. The van der Waals surface area contributed by atoms with Crippen LogP contribution >= 0.6 is 35.6 Å². The van der Waals surface area contributed by atoms with Crippen molar-refractivity contribution in [1.82, 2.24) is 9.55 Å². The maximum absolute atomic E-state index is 13.4. The molecule has 2 heterocycles. The number of aromatic nitrogens is 2. The number of H-pyrrole nitrogens is 1. The first-order valence-corrected chi connectivity index (χ1v) is 7.78. The lowest BCUT2D eigenvalue weighted by Gasteiger charge is -2.23. The Balaban J connectivity index is 2.18. The Hall–Kier alpha value is -0.520. The highest BCUT2D eigenvalue weighted by atomic mass is 35.5. The lowest BCUT2D eigenvalue weighted by Crippen LogP contribution is -2.16. The summed E-state index contributed by atoms with van der Waals surface area (Å²) in [4.78, 5) is 3.06. The third-order valence-electron chi connectivity index (χ3n) is 3.26. The number of hydrogen-bond acceptors (Lipinski definition) is 2. The van der Waals surface area contributed by atoms with Gasteiger partial charge < -0.3 is 9.55 Å². The van der Waals surface area contributed by atoms with Crippen molar-refractivity contribution in [2.45, 2.75) is 18.9 Å². The van der Waals surface area contributed by atoms with Gasteiger partial charge >= 0.3 is 0 Å². The first kappa shape index (κ1) is 12.5. The Bertz CT molecular complexity index is 643. The second-order valence-corrected chi connectivity index (χ2v) is 6.40. The van der Waals surface area contributed by atoms with E-state index < -0.39 is 5.82 Å². The Morgan fingerprint density at radius 2 is 2.33 bits per heavy atom. The molecule has 1 aliphatic heterocycles. The number of rotatable bonds is 1. The van der Waals surface area contributed by atoms with Crippen LogP contribution in [-0.2, 0) is 0 Å². The van der Waals surface area contributed by atoms with Gasteiger partial charge in [0.1, 0.15) is 5.82 Å². The summed E-state index contributed by atoms with van der Waals surface area (Å²) in [6.07, 6.45) is 2.31. The fourth-order valence-electron chi connectivity index (χ4n) is 2.41. The van der Waals surface area contributed by atoms with Gasteiger partial charge in [-0.05, 0) is 36.9 Å². The first-order chi connectivity index (χ1) is 8.66. The summed E-state index contributed by atoms with van der Waals surface area (Å²) in [6, 6.07) is 3.46. The van der Waals surface area contributed by atoms with Gasteiger partial charge in [-0.15, -0.1) is 0 Å². The van der Waals surface area contributed by atoms with Crippen LogP contribution in [0.15, 0.2) is 12.1 Å². The van der Waals surface area contributed by atoms with Crippen LogP contribution < -0.4 is 0 Å². The molecule has 1 N–H and O–H groups in total. The smallest absolute Gasteiger partial charge is 0.178 e. The van der Waals surface area contributed by atoms with E-state index in [0.29, 0.717) is 10.8 Å². The summed E-state index contributed by atoms with van der Waals surface area (Å²) in [5, 5.41) is 0.147. The number of imidazole rings is 1. The zero-order valence-electron chi connectivity index (χ0n) is 9.58. The standard InChI is InChI=1S/C12H12ClFN2S2/c13-8-4-11-10(5-9(8)14)15-12(17)16(11)7-2-1-3-18-6-7/h4-5,7H,1-3,6H2,(H,15,17). The van der Waals surface area contributed by atoms with Crippen molar-refractivity contribution < 1.29 is 4.39 Å². The van der Waals surface area contributed by atoms with Crippen molar-refractivity contribution >= 4 is 46.6 Å². The minimum Gasteiger partial charge on any atom is -0.330 e. The van der Waals surface area contributed by atoms with Gasteiger partial charge in [-0.2, -0.15) is 11.8 Å². The molecule has 1 atom stereocenters. The van der Waals surface area contributed by atoms with Gasteiger partial charge in [-0.1, -0.05) is 11.6 Å². The fraction of sp³-hybridized carbons (Fsp3) is 0.417. The van der Waals surface area contributed by atoms with Crippen LogP contribution in [0.25, 0.3) is 11.0 Å². The van der Waals surface area contributed by atoms with Gasteiger partial charge in [0.2, 0.25) is 0 Å². The predicted octanol–water partition coefficient (Wildman–Crippen LogP) is 4.56. The van der Waals surface area contributed by atoms with E-state index in [1.165, 1.54) is 18.2 Å². The number of hydrogen-bond donors (Lipinski definition) is 1. The second kappa shape index (κ2) is 4.87. The molecule has 0 spiro atoms. The molecule has 2 aromatic rings. The number of aromatic amines is 1. The van der Waals surface area contributed by atoms with Crippen LogP contribution in [0.1, 0.15) is 18.9 Å². The zero-order chi connectivity index (χ0) is 12.7. The van der Waals surface area contributed by atoms with Crippen molar-refractivity contribution in [3.05, 3.63) is 27.7 Å². The van der Waals surface area contributed by atoms with Gasteiger partial charge in [0.05, 0.1) is 16.1 Å².